The Morgan fingerprint density at radius 1 is 1.45 bits per heavy atom. The van der Waals surface area contributed by atoms with Gasteiger partial charge in [-0.15, -0.1) is 0 Å². The normalized spacial score (nSPS) is 18.4. The largest absolute Gasteiger partial charge is 0.478 e. The maximum atomic E-state index is 10.7. The average molecular weight is 275 g/mol. The van der Waals surface area contributed by atoms with Gasteiger partial charge in [-0.2, -0.15) is 0 Å². The average Bonchev–Trinajstić information content (AvgIpc) is 2.35. The molecule has 0 spiro atoms. The van der Waals surface area contributed by atoms with Gasteiger partial charge in [0.2, 0.25) is 0 Å². The quantitative estimate of drug-likeness (QED) is 0.862. The van der Waals surface area contributed by atoms with E-state index in [1.54, 1.807) is 6.08 Å². The molecule has 0 bridgehead atoms. The third-order valence-electron chi connectivity index (χ3n) is 3.35. The molecular weight excluding hydrogens is 254 g/mol. The summed E-state index contributed by atoms with van der Waals surface area (Å²) in [4.78, 5) is 13.0. The molecule has 4 heteroatoms. The van der Waals surface area contributed by atoms with Gasteiger partial charge >= 0.3 is 5.97 Å². The van der Waals surface area contributed by atoms with E-state index in [0.29, 0.717) is 6.61 Å². The van der Waals surface area contributed by atoms with E-state index in [2.05, 4.69) is 30.9 Å². The molecule has 0 saturated carbocycles. The van der Waals surface area contributed by atoms with E-state index in [0.717, 1.165) is 29.9 Å². The Kier molecular flexibility index (Phi) is 4.14. The van der Waals surface area contributed by atoms with E-state index in [4.69, 9.17) is 9.84 Å². The van der Waals surface area contributed by atoms with Crippen molar-refractivity contribution in [3.05, 3.63) is 35.4 Å². The number of rotatable bonds is 3. The van der Waals surface area contributed by atoms with Crippen LogP contribution in [0.25, 0.3) is 6.08 Å². The second kappa shape index (κ2) is 5.67. The molecule has 20 heavy (non-hydrogen) atoms. The molecule has 1 fully saturated rings. The number of ether oxygens (including phenoxy) is 1. The predicted molar refractivity (Wildman–Crippen MR) is 80.1 cm³/mol. The lowest BCUT2D eigenvalue weighted by Gasteiger charge is -2.40. The van der Waals surface area contributed by atoms with Crippen molar-refractivity contribution < 1.29 is 14.6 Å². The van der Waals surface area contributed by atoms with Gasteiger partial charge < -0.3 is 14.7 Å². The van der Waals surface area contributed by atoms with E-state index >= 15 is 0 Å². The standard InChI is InChI=1S/C16H21NO3/c1-12-4-6-14(13(10-12)5-7-15(18)19)17-8-9-20-16(2,3)11-17/h4-7,10H,8-9,11H2,1-3H3,(H,18,19)/b7-5+. The first kappa shape index (κ1) is 14.6. The Morgan fingerprint density at radius 2 is 2.20 bits per heavy atom. The Balaban J connectivity index is 2.33. The molecule has 0 radical (unpaired) electrons. The second-order valence-electron chi connectivity index (χ2n) is 5.76. The molecule has 1 aromatic rings. The van der Waals surface area contributed by atoms with Gasteiger partial charge in [-0.1, -0.05) is 11.6 Å². The summed E-state index contributed by atoms with van der Waals surface area (Å²) in [5.74, 6) is -0.931. The summed E-state index contributed by atoms with van der Waals surface area (Å²) in [7, 11) is 0. The molecule has 108 valence electrons. The van der Waals surface area contributed by atoms with Gasteiger partial charge in [-0.05, 0) is 44.5 Å². The van der Waals surface area contributed by atoms with Crippen LogP contribution in [-0.4, -0.2) is 36.4 Å². The van der Waals surface area contributed by atoms with Crippen molar-refractivity contribution >= 4 is 17.7 Å². The van der Waals surface area contributed by atoms with Gasteiger partial charge in [0.25, 0.3) is 0 Å². The highest BCUT2D eigenvalue weighted by molar-refractivity contribution is 5.87. The van der Waals surface area contributed by atoms with E-state index in [-0.39, 0.29) is 5.60 Å². The molecule has 1 aliphatic heterocycles. The van der Waals surface area contributed by atoms with Crippen LogP contribution in [0.1, 0.15) is 25.0 Å². The molecule has 4 nitrogen and oxygen atoms in total. The van der Waals surface area contributed by atoms with Crippen LogP contribution in [-0.2, 0) is 9.53 Å². The number of morpholine rings is 1. The van der Waals surface area contributed by atoms with Crippen molar-refractivity contribution in [2.24, 2.45) is 0 Å². The number of carbonyl (C=O) groups is 1. The molecule has 1 N–H and O–H groups in total. The molecule has 0 unspecified atom stereocenters. The molecule has 0 aliphatic carbocycles. The van der Waals surface area contributed by atoms with E-state index < -0.39 is 5.97 Å². The van der Waals surface area contributed by atoms with Gasteiger partial charge in [-0.3, -0.25) is 0 Å². The summed E-state index contributed by atoms with van der Waals surface area (Å²) in [5, 5.41) is 8.81. The minimum Gasteiger partial charge on any atom is -0.478 e. The van der Waals surface area contributed by atoms with Crippen LogP contribution in [0.4, 0.5) is 5.69 Å². The van der Waals surface area contributed by atoms with Crippen LogP contribution in [0, 0.1) is 6.92 Å². The zero-order valence-electron chi connectivity index (χ0n) is 12.2. The lowest BCUT2D eigenvalue weighted by Crippen LogP contribution is -2.48. The first-order valence-corrected chi connectivity index (χ1v) is 6.78. The Bertz CT molecular complexity index is 535. The highest BCUT2D eigenvalue weighted by Crippen LogP contribution is 2.28. The highest BCUT2D eigenvalue weighted by atomic mass is 16.5. The molecular formula is C16H21NO3. The van der Waals surface area contributed by atoms with Crippen molar-refractivity contribution in [2.75, 3.05) is 24.6 Å². The van der Waals surface area contributed by atoms with Gasteiger partial charge in [-0.25, -0.2) is 4.79 Å². The molecule has 1 aromatic carbocycles. The summed E-state index contributed by atoms with van der Waals surface area (Å²) >= 11 is 0. The van der Waals surface area contributed by atoms with Crippen LogP contribution >= 0.6 is 0 Å². The third kappa shape index (κ3) is 3.61. The van der Waals surface area contributed by atoms with E-state index in [9.17, 15) is 4.79 Å². The van der Waals surface area contributed by atoms with E-state index in [1.165, 1.54) is 6.08 Å². The van der Waals surface area contributed by atoms with Crippen LogP contribution in [0.15, 0.2) is 24.3 Å². The van der Waals surface area contributed by atoms with Crippen LogP contribution in [0.3, 0.4) is 0 Å². The van der Waals surface area contributed by atoms with Crippen molar-refractivity contribution in [3.8, 4) is 0 Å². The number of aliphatic carboxylic acids is 1. The Morgan fingerprint density at radius 3 is 2.85 bits per heavy atom. The van der Waals surface area contributed by atoms with Gasteiger partial charge in [0.15, 0.2) is 0 Å². The Labute approximate surface area is 119 Å². The van der Waals surface area contributed by atoms with Gasteiger partial charge in [0, 0.05) is 24.9 Å². The number of carboxylic acids is 1. The van der Waals surface area contributed by atoms with Gasteiger partial charge in [0.05, 0.1) is 12.2 Å². The highest BCUT2D eigenvalue weighted by Gasteiger charge is 2.28. The fraction of sp³-hybridized carbons (Fsp3) is 0.438. The zero-order valence-corrected chi connectivity index (χ0v) is 12.2. The van der Waals surface area contributed by atoms with Crippen molar-refractivity contribution in [1.29, 1.82) is 0 Å². The first-order valence-electron chi connectivity index (χ1n) is 6.78. The van der Waals surface area contributed by atoms with Crippen molar-refractivity contribution in [1.82, 2.24) is 0 Å². The van der Waals surface area contributed by atoms with Crippen molar-refractivity contribution in [2.45, 2.75) is 26.4 Å². The molecule has 0 atom stereocenters. The summed E-state index contributed by atoms with van der Waals surface area (Å²) in [6.45, 7) is 8.44. The molecule has 1 heterocycles. The lowest BCUT2D eigenvalue weighted by atomic mass is 10.0. The minimum atomic E-state index is -0.931. The van der Waals surface area contributed by atoms with Crippen LogP contribution < -0.4 is 4.90 Å². The lowest BCUT2D eigenvalue weighted by molar-refractivity contribution is -0.131. The predicted octanol–water partition coefficient (Wildman–Crippen LogP) is 2.71. The molecule has 1 aliphatic rings. The molecule has 1 saturated heterocycles. The maximum Gasteiger partial charge on any atom is 0.328 e. The van der Waals surface area contributed by atoms with Crippen molar-refractivity contribution in [3.63, 3.8) is 0 Å². The Hall–Kier alpha value is -1.81. The van der Waals surface area contributed by atoms with Crippen LogP contribution in [0.2, 0.25) is 0 Å². The topological polar surface area (TPSA) is 49.8 Å². The van der Waals surface area contributed by atoms with Gasteiger partial charge in [0.1, 0.15) is 0 Å². The molecule has 2 rings (SSSR count). The fourth-order valence-electron chi connectivity index (χ4n) is 2.48. The fourth-order valence-corrected chi connectivity index (χ4v) is 2.48. The number of benzene rings is 1. The molecule has 0 amide bonds. The zero-order chi connectivity index (χ0) is 14.8. The first-order chi connectivity index (χ1) is 9.37. The number of carboxylic acid groups (broad SMARTS) is 1. The molecule has 0 aromatic heterocycles. The monoisotopic (exact) mass is 275 g/mol. The summed E-state index contributed by atoms with van der Waals surface area (Å²) < 4.78 is 5.73. The maximum absolute atomic E-state index is 10.7. The third-order valence-corrected chi connectivity index (χ3v) is 3.35. The minimum absolute atomic E-state index is 0.184. The smallest absolute Gasteiger partial charge is 0.328 e. The van der Waals surface area contributed by atoms with Crippen LogP contribution in [0.5, 0.6) is 0 Å². The number of nitrogens with zero attached hydrogens (tertiary/aromatic N) is 1. The number of hydrogen-bond donors (Lipinski definition) is 1. The van der Waals surface area contributed by atoms with E-state index in [1.807, 2.05) is 13.0 Å². The summed E-state index contributed by atoms with van der Waals surface area (Å²) in [5.41, 5.74) is 2.93. The number of aryl methyl sites for hydroxylation is 1. The second-order valence-corrected chi connectivity index (χ2v) is 5.76. The summed E-state index contributed by atoms with van der Waals surface area (Å²) in [6.07, 6.45) is 2.84. The SMILES string of the molecule is Cc1ccc(N2CCOC(C)(C)C2)c(/C=C/C(=O)O)c1. The summed E-state index contributed by atoms with van der Waals surface area (Å²) in [6, 6.07) is 6.12. The number of hydrogen-bond acceptors (Lipinski definition) is 3. The number of anilines is 1.